The van der Waals surface area contributed by atoms with E-state index in [-0.39, 0.29) is 6.03 Å². The molecule has 1 aromatic rings. The monoisotopic (exact) mass is 333 g/mol. The summed E-state index contributed by atoms with van der Waals surface area (Å²) < 4.78 is 0. The zero-order valence-electron chi connectivity index (χ0n) is 15.2. The van der Waals surface area contributed by atoms with Gasteiger partial charge in [0, 0.05) is 36.2 Å². The van der Waals surface area contributed by atoms with Gasteiger partial charge in [0.1, 0.15) is 0 Å². The lowest BCUT2D eigenvalue weighted by molar-refractivity contribution is 0.199. The molecular weight excluding hydrogens is 302 g/mol. The van der Waals surface area contributed by atoms with Crippen molar-refractivity contribution in [1.29, 1.82) is 0 Å². The molecule has 1 aromatic heterocycles. The predicted molar refractivity (Wildman–Crippen MR) is 98.5 cm³/mol. The number of likely N-dealkylation sites (tertiary alicyclic amines) is 1. The van der Waals surface area contributed by atoms with Gasteiger partial charge in [-0.05, 0) is 58.0 Å². The standard InChI is InChI=1S/C18H31N5O/c1-4-15-13-17(12-14(3)21-15)22-18(24)20-8-11-23-9-6-16(7-10-23)19-5-2/h12-13,16,19H,4-11H2,1-3H3,(H2,20,21,22,24). The van der Waals surface area contributed by atoms with Crippen molar-refractivity contribution in [2.24, 2.45) is 0 Å². The molecule has 0 saturated carbocycles. The molecule has 0 unspecified atom stereocenters. The summed E-state index contributed by atoms with van der Waals surface area (Å²) >= 11 is 0. The van der Waals surface area contributed by atoms with Crippen LogP contribution in [0.25, 0.3) is 0 Å². The predicted octanol–water partition coefficient (Wildman–Crippen LogP) is 2.15. The molecule has 0 aliphatic carbocycles. The van der Waals surface area contributed by atoms with E-state index >= 15 is 0 Å². The van der Waals surface area contributed by atoms with E-state index in [1.54, 1.807) is 0 Å². The zero-order chi connectivity index (χ0) is 17.4. The van der Waals surface area contributed by atoms with Crippen molar-refractivity contribution >= 4 is 11.7 Å². The minimum absolute atomic E-state index is 0.148. The number of carbonyl (C=O) groups excluding carboxylic acids is 1. The Morgan fingerprint density at radius 2 is 2.04 bits per heavy atom. The van der Waals surface area contributed by atoms with Crippen molar-refractivity contribution in [3.63, 3.8) is 0 Å². The molecule has 1 saturated heterocycles. The number of carbonyl (C=O) groups is 1. The summed E-state index contributed by atoms with van der Waals surface area (Å²) in [6, 6.07) is 4.33. The van der Waals surface area contributed by atoms with Crippen molar-refractivity contribution in [3.8, 4) is 0 Å². The average Bonchev–Trinajstić information content (AvgIpc) is 2.56. The first-order valence-electron chi connectivity index (χ1n) is 9.08. The lowest BCUT2D eigenvalue weighted by atomic mass is 10.1. The Bertz CT molecular complexity index is 526. The van der Waals surface area contributed by atoms with E-state index < -0.39 is 0 Å². The molecule has 24 heavy (non-hydrogen) atoms. The van der Waals surface area contributed by atoms with E-state index in [4.69, 9.17) is 0 Å². The molecule has 0 bridgehead atoms. The van der Waals surface area contributed by atoms with Gasteiger partial charge in [-0.25, -0.2) is 4.79 Å². The Hall–Kier alpha value is -1.66. The molecule has 3 N–H and O–H groups in total. The molecule has 1 fully saturated rings. The maximum atomic E-state index is 12.0. The minimum Gasteiger partial charge on any atom is -0.337 e. The van der Waals surface area contributed by atoms with Gasteiger partial charge in [0.25, 0.3) is 0 Å². The molecule has 6 heteroatoms. The maximum absolute atomic E-state index is 12.0. The van der Waals surface area contributed by atoms with Crippen LogP contribution in [0.3, 0.4) is 0 Å². The Labute approximate surface area is 145 Å². The van der Waals surface area contributed by atoms with Crippen molar-refractivity contribution in [2.45, 2.75) is 46.1 Å². The molecule has 134 valence electrons. The van der Waals surface area contributed by atoms with Crippen LogP contribution in [0.2, 0.25) is 0 Å². The van der Waals surface area contributed by atoms with Crippen molar-refractivity contribution in [3.05, 3.63) is 23.5 Å². The van der Waals surface area contributed by atoms with Crippen LogP contribution < -0.4 is 16.0 Å². The maximum Gasteiger partial charge on any atom is 0.319 e. The first kappa shape index (κ1) is 18.7. The van der Waals surface area contributed by atoms with Crippen LogP contribution in [0.4, 0.5) is 10.5 Å². The number of nitrogens with zero attached hydrogens (tertiary/aromatic N) is 2. The molecule has 6 nitrogen and oxygen atoms in total. The van der Waals surface area contributed by atoms with Crippen molar-refractivity contribution in [2.75, 3.05) is 38.0 Å². The number of rotatable bonds is 7. The number of urea groups is 1. The third kappa shape index (κ3) is 6.09. The first-order valence-corrected chi connectivity index (χ1v) is 9.08. The summed E-state index contributed by atoms with van der Waals surface area (Å²) in [5.41, 5.74) is 2.73. The van der Waals surface area contributed by atoms with E-state index in [1.165, 1.54) is 12.8 Å². The van der Waals surface area contributed by atoms with Gasteiger partial charge in [-0.1, -0.05) is 13.8 Å². The molecule has 1 aliphatic rings. The Morgan fingerprint density at radius 1 is 1.29 bits per heavy atom. The Kier molecular flexibility index (Phi) is 7.46. The Morgan fingerprint density at radius 3 is 2.71 bits per heavy atom. The molecule has 0 atom stereocenters. The van der Waals surface area contributed by atoms with Crippen LogP contribution in [0.5, 0.6) is 0 Å². The highest BCUT2D eigenvalue weighted by atomic mass is 16.2. The van der Waals surface area contributed by atoms with Gasteiger partial charge in [0.15, 0.2) is 0 Å². The first-order chi connectivity index (χ1) is 11.6. The van der Waals surface area contributed by atoms with E-state index in [0.29, 0.717) is 12.6 Å². The third-order valence-corrected chi connectivity index (χ3v) is 4.42. The van der Waals surface area contributed by atoms with Crippen LogP contribution in [0, 0.1) is 6.92 Å². The molecule has 0 radical (unpaired) electrons. The topological polar surface area (TPSA) is 69.3 Å². The fourth-order valence-electron chi connectivity index (χ4n) is 3.14. The number of hydrogen-bond acceptors (Lipinski definition) is 4. The van der Waals surface area contributed by atoms with Gasteiger partial charge in [-0.15, -0.1) is 0 Å². The zero-order valence-corrected chi connectivity index (χ0v) is 15.2. The van der Waals surface area contributed by atoms with Gasteiger partial charge in [-0.3, -0.25) is 4.98 Å². The molecule has 0 spiro atoms. The highest BCUT2D eigenvalue weighted by Gasteiger charge is 2.17. The normalized spacial score (nSPS) is 16.1. The van der Waals surface area contributed by atoms with E-state index in [9.17, 15) is 4.79 Å². The number of piperidine rings is 1. The van der Waals surface area contributed by atoms with E-state index in [2.05, 4.69) is 39.7 Å². The number of anilines is 1. The van der Waals surface area contributed by atoms with Crippen LogP contribution in [-0.4, -0.2) is 54.7 Å². The summed E-state index contributed by atoms with van der Waals surface area (Å²) in [6.07, 6.45) is 3.24. The van der Waals surface area contributed by atoms with Crippen LogP contribution >= 0.6 is 0 Å². The van der Waals surface area contributed by atoms with Crippen LogP contribution in [0.15, 0.2) is 12.1 Å². The summed E-state index contributed by atoms with van der Waals surface area (Å²) in [5.74, 6) is 0. The highest BCUT2D eigenvalue weighted by molar-refractivity contribution is 5.89. The fraction of sp³-hybridized carbons (Fsp3) is 0.667. The molecule has 2 amide bonds. The highest BCUT2D eigenvalue weighted by Crippen LogP contribution is 2.12. The number of hydrogen-bond donors (Lipinski definition) is 3. The van der Waals surface area contributed by atoms with E-state index in [1.807, 2.05) is 19.1 Å². The third-order valence-electron chi connectivity index (χ3n) is 4.42. The molecular formula is C18H31N5O. The summed E-state index contributed by atoms with van der Waals surface area (Å²) in [4.78, 5) is 18.9. The van der Waals surface area contributed by atoms with Gasteiger partial charge in [0.05, 0.1) is 0 Å². The quantitative estimate of drug-likeness (QED) is 0.715. The second-order valence-corrected chi connectivity index (χ2v) is 6.40. The minimum atomic E-state index is -0.148. The number of aromatic nitrogens is 1. The Balaban J connectivity index is 1.68. The molecule has 0 aromatic carbocycles. The summed E-state index contributed by atoms with van der Waals surface area (Å²) in [5, 5.41) is 9.35. The lowest BCUT2D eigenvalue weighted by Crippen LogP contribution is -2.45. The largest absolute Gasteiger partial charge is 0.337 e. The second kappa shape index (κ2) is 9.59. The molecule has 2 heterocycles. The molecule has 2 rings (SSSR count). The number of pyridine rings is 1. The summed E-state index contributed by atoms with van der Waals surface area (Å²) in [7, 11) is 0. The fourth-order valence-corrected chi connectivity index (χ4v) is 3.14. The number of amides is 2. The second-order valence-electron chi connectivity index (χ2n) is 6.40. The van der Waals surface area contributed by atoms with Gasteiger partial charge >= 0.3 is 6.03 Å². The van der Waals surface area contributed by atoms with Gasteiger partial charge in [0.2, 0.25) is 0 Å². The van der Waals surface area contributed by atoms with Gasteiger partial charge in [-0.2, -0.15) is 0 Å². The van der Waals surface area contributed by atoms with E-state index in [0.717, 1.165) is 49.7 Å². The van der Waals surface area contributed by atoms with Crippen LogP contribution in [-0.2, 0) is 6.42 Å². The number of nitrogens with one attached hydrogen (secondary N) is 3. The lowest BCUT2D eigenvalue weighted by Gasteiger charge is -2.32. The SMILES string of the molecule is CCNC1CCN(CCNC(=O)Nc2cc(C)nc(CC)c2)CC1. The summed E-state index contributed by atoms with van der Waals surface area (Å²) in [6.45, 7) is 11.0. The van der Waals surface area contributed by atoms with Crippen molar-refractivity contribution < 1.29 is 4.79 Å². The average molecular weight is 333 g/mol. The van der Waals surface area contributed by atoms with Crippen molar-refractivity contribution in [1.82, 2.24) is 20.5 Å². The number of aryl methyl sites for hydroxylation is 2. The van der Waals surface area contributed by atoms with Gasteiger partial charge < -0.3 is 20.9 Å². The van der Waals surface area contributed by atoms with Crippen LogP contribution in [0.1, 0.15) is 38.1 Å². The molecule has 1 aliphatic heterocycles. The smallest absolute Gasteiger partial charge is 0.319 e.